The number of carbonyl (C=O) groups excluding carboxylic acids is 1. The van der Waals surface area contributed by atoms with Crippen LogP contribution in [0.1, 0.15) is 28.4 Å². The predicted molar refractivity (Wildman–Crippen MR) is 51.6 cm³/mol. The zero-order valence-corrected chi connectivity index (χ0v) is 7.95. The summed E-state index contributed by atoms with van der Waals surface area (Å²) in [5.41, 5.74) is 2.05. The van der Waals surface area contributed by atoms with Crippen LogP contribution in [0.5, 0.6) is 0 Å². The number of benzene rings is 1. The van der Waals surface area contributed by atoms with Gasteiger partial charge in [-0.15, -0.1) is 0 Å². The van der Waals surface area contributed by atoms with E-state index in [0.717, 1.165) is 5.56 Å². The third kappa shape index (κ3) is 1.08. The van der Waals surface area contributed by atoms with E-state index in [2.05, 4.69) is 6.07 Å². The van der Waals surface area contributed by atoms with Crippen molar-refractivity contribution in [1.82, 2.24) is 4.90 Å². The molecule has 70 valence electrons. The number of hydrogen-bond acceptors (Lipinski definition) is 2. The zero-order valence-electron chi connectivity index (χ0n) is 7.95. The van der Waals surface area contributed by atoms with Crippen LogP contribution in [0.25, 0.3) is 0 Å². The predicted octanol–water partition coefficient (Wildman–Crippen LogP) is 1.53. The molecule has 0 N–H and O–H groups in total. The molecule has 0 bridgehead atoms. The molecule has 1 aromatic rings. The summed E-state index contributed by atoms with van der Waals surface area (Å²) < 4.78 is 0. The van der Waals surface area contributed by atoms with Gasteiger partial charge in [-0.05, 0) is 18.6 Å². The summed E-state index contributed by atoms with van der Waals surface area (Å²) in [6.07, 6.45) is 0. The van der Waals surface area contributed by atoms with Crippen LogP contribution in [0.15, 0.2) is 18.2 Å². The number of amides is 1. The number of nitriles is 1. The quantitative estimate of drug-likeness (QED) is 0.667. The van der Waals surface area contributed by atoms with Gasteiger partial charge in [0.15, 0.2) is 0 Å². The molecule has 0 spiro atoms. The van der Waals surface area contributed by atoms with Crippen LogP contribution < -0.4 is 0 Å². The molecular formula is C11H10N2O. The molecule has 0 saturated heterocycles. The monoisotopic (exact) mass is 186 g/mol. The first kappa shape index (κ1) is 8.76. The maximum Gasteiger partial charge on any atom is 0.255 e. The average molecular weight is 186 g/mol. The van der Waals surface area contributed by atoms with E-state index >= 15 is 0 Å². The number of hydrogen-bond donors (Lipinski definition) is 0. The Morgan fingerprint density at radius 1 is 1.57 bits per heavy atom. The van der Waals surface area contributed by atoms with Gasteiger partial charge in [-0.3, -0.25) is 4.79 Å². The first-order valence-corrected chi connectivity index (χ1v) is 4.59. The lowest BCUT2D eigenvalue weighted by Gasteiger charge is -2.10. The van der Waals surface area contributed by atoms with Gasteiger partial charge < -0.3 is 4.90 Å². The molecule has 1 aliphatic heterocycles. The fourth-order valence-electron chi connectivity index (χ4n) is 1.77. The summed E-state index contributed by atoms with van der Waals surface area (Å²) in [6, 6.07) is 7.47. The van der Waals surface area contributed by atoms with E-state index in [1.807, 2.05) is 19.1 Å². The van der Waals surface area contributed by atoms with Crippen LogP contribution in [0.4, 0.5) is 0 Å². The van der Waals surface area contributed by atoms with Gasteiger partial charge in [0, 0.05) is 13.1 Å². The third-order valence-corrected chi connectivity index (χ3v) is 2.52. The lowest BCUT2D eigenvalue weighted by Crippen LogP contribution is -2.23. The fourth-order valence-corrected chi connectivity index (χ4v) is 1.77. The normalized spacial score (nSPS) is 14.0. The minimum absolute atomic E-state index is 0.0142. The molecule has 0 atom stereocenters. The molecule has 2 rings (SSSR count). The Morgan fingerprint density at radius 3 is 3.00 bits per heavy atom. The minimum atomic E-state index is -0.0142. The SMILES string of the molecule is CCN1Cc2cccc(C#N)c2C1=O. The molecule has 3 heteroatoms. The molecule has 1 aromatic carbocycles. The summed E-state index contributed by atoms with van der Waals surface area (Å²) in [4.78, 5) is 13.5. The first-order valence-electron chi connectivity index (χ1n) is 4.59. The topological polar surface area (TPSA) is 44.1 Å². The molecule has 3 nitrogen and oxygen atoms in total. The highest BCUT2D eigenvalue weighted by Gasteiger charge is 2.28. The van der Waals surface area contributed by atoms with Crippen LogP contribution >= 0.6 is 0 Å². The number of fused-ring (bicyclic) bond motifs is 1. The van der Waals surface area contributed by atoms with Gasteiger partial charge in [0.1, 0.15) is 0 Å². The van der Waals surface area contributed by atoms with E-state index in [-0.39, 0.29) is 5.91 Å². The minimum Gasteiger partial charge on any atom is -0.335 e. The highest BCUT2D eigenvalue weighted by Crippen LogP contribution is 2.24. The molecule has 0 fully saturated rings. The molecule has 0 unspecified atom stereocenters. The Morgan fingerprint density at radius 2 is 2.36 bits per heavy atom. The van der Waals surface area contributed by atoms with E-state index in [1.54, 1.807) is 11.0 Å². The lowest BCUT2D eigenvalue weighted by atomic mass is 10.0. The van der Waals surface area contributed by atoms with Crippen molar-refractivity contribution in [3.8, 4) is 6.07 Å². The molecule has 0 saturated carbocycles. The average Bonchev–Trinajstić information content (AvgIpc) is 2.55. The summed E-state index contributed by atoms with van der Waals surface area (Å²) in [5.74, 6) is -0.0142. The van der Waals surface area contributed by atoms with Crippen LogP contribution in [0.3, 0.4) is 0 Å². The standard InChI is InChI=1S/C11H10N2O/c1-2-13-7-9-5-3-4-8(6-12)10(9)11(13)14/h3-5H,2,7H2,1H3. The van der Waals surface area contributed by atoms with Gasteiger partial charge in [0.05, 0.1) is 17.2 Å². The third-order valence-electron chi connectivity index (χ3n) is 2.52. The Bertz CT molecular complexity index is 431. The number of rotatable bonds is 1. The second-order valence-electron chi connectivity index (χ2n) is 3.27. The van der Waals surface area contributed by atoms with Crippen LogP contribution in [-0.4, -0.2) is 17.4 Å². The van der Waals surface area contributed by atoms with Crippen molar-refractivity contribution in [3.63, 3.8) is 0 Å². The van der Waals surface area contributed by atoms with Crippen molar-refractivity contribution in [3.05, 3.63) is 34.9 Å². The van der Waals surface area contributed by atoms with Crippen molar-refractivity contribution in [1.29, 1.82) is 5.26 Å². The lowest BCUT2D eigenvalue weighted by molar-refractivity contribution is 0.0787. The Kier molecular flexibility index (Phi) is 1.97. The van der Waals surface area contributed by atoms with Gasteiger partial charge in [-0.25, -0.2) is 0 Å². The largest absolute Gasteiger partial charge is 0.335 e. The molecule has 0 aliphatic carbocycles. The smallest absolute Gasteiger partial charge is 0.255 e. The van der Waals surface area contributed by atoms with E-state index in [4.69, 9.17) is 5.26 Å². The van der Waals surface area contributed by atoms with Crippen molar-refractivity contribution in [2.45, 2.75) is 13.5 Å². The van der Waals surface area contributed by atoms with Gasteiger partial charge in [-0.1, -0.05) is 12.1 Å². The van der Waals surface area contributed by atoms with Gasteiger partial charge in [0.25, 0.3) is 5.91 Å². The van der Waals surface area contributed by atoms with E-state index in [0.29, 0.717) is 24.2 Å². The molecular weight excluding hydrogens is 176 g/mol. The molecule has 14 heavy (non-hydrogen) atoms. The van der Waals surface area contributed by atoms with Crippen LogP contribution in [-0.2, 0) is 6.54 Å². The second kappa shape index (κ2) is 3.15. The number of carbonyl (C=O) groups is 1. The van der Waals surface area contributed by atoms with Crippen molar-refractivity contribution in [2.75, 3.05) is 6.54 Å². The molecule has 1 heterocycles. The van der Waals surface area contributed by atoms with Crippen LogP contribution in [0, 0.1) is 11.3 Å². The Balaban J connectivity index is 2.55. The van der Waals surface area contributed by atoms with Crippen LogP contribution in [0.2, 0.25) is 0 Å². The first-order chi connectivity index (χ1) is 6.77. The summed E-state index contributed by atoms with van der Waals surface area (Å²) in [7, 11) is 0. The Labute approximate surface area is 82.6 Å². The maximum atomic E-state index is 11.8. The number of nitrogens with zero attached hydrogens (tertiary/aromatic N) is 2. The summed E-state index contributed by atoms with van der Waals surface area (Å²) in [5, 5.41) is 8.86. The molecule has 0 radical (unpaired) electrons. The van der Waals surface area contributed by atoms with E-state index in [1.165, 1.54) is 0 Å². The molecule has 1 amide bonds. The van der Waals surface area contributed by atoms with Crippen molar-refractivity contribution in [2.24, 2.45) is 0 Å². The van der Waals surface area contributed by atoms with E-state index in [9.17, 15) is 4.79 Å². The van der Waals surface area contributed by atoms with Gasteiger partial charge in [-0.2, -0.15) is 5.26 Å². The van der Waals surface area contributed by atoms with Crippen molar-refractivity contribution >= 4 is 5.91 Å². The highest BCUT2D eigenvalue weighted by molar-refractivity contribution is 6.00. The summed E-state index contributed by atoms with van der Waals surface area (Å²) in [6.45, 7) is 3.27. The molecule has 1 aliphatic rings. The second-order valence-corrected chi connectivity index (χ2v) is 3.27. The van der Waals surface area contributed by atoms with Gasteiger partial charge in [0.2, 0.25) is 0 Å². The zero-order chi connectivity index (χ0) is 10.1. The molecule has 0 aromatic heterocycles. The summed E-state index contributed by atoms with van der Waals surface area (Å²) >= 11 is 0. The van der Waals surface area contributed by atoms with Gasteiger partial charge >= 0.3 is 0 Å². The highest BCUT2D eigenvalue weighted by atomic mass is 16.2. The maximum absolute atomic E-state index is 11.8. The van der Waals surface area contributed by atoms with E-state index < -0.39 is 0 Å². The fraction of sp³-hybridized carbons (Fsp3) is 0.273. The Hall–Kier alpha value is -1.82. The van der Waals surface area contributed by atoms with Crippen molar-refractivity contribution < 1.29 is 4.79 Å².